The molecular formula is C17H13ClFN3O. The minimum absolute atomic E-state index is 0.136. The van der Waals surface area contributed by atoms with Crippen molar-refractivity contribution in [2.75, 3.05) is 5.32 Å². The summed E-state index contributed by atoms with van der Waals surface area (Å²) >= 11 is 6.11. The van der Waals surface area contributed by atoms with Crippen molar-refractivity contribution in [1.29, 1.82) is 0 Å². The number of hydrogen-bond acceptors (Lipinski definition) is 2. The summed E-state index contributed by atoms with van der Waals surface area (Å²) in [4.78, 5) is 12.1. The molecule has 0 aliphatic rings. The van der Waals surface area contributed by atoms with Gasteiger partial charge >= 0.3 is 0 Å². The van der Waals surface area contributed by atoms with Crippen LogP contribution in [0.4, 0.5) is 10.1 Å². The molecule has 3 rings (SSSR count). The first-order valence-corrected chi connectivity index (χ1v) is 7.33. The van der Waals surface area contributed by atoms with Gasteiger partial charge in [0.2, 0.25) is 0 Å². The summed E-state index contributed by atoms with van der Waals surface area (Å²) in [6.45, 7) is 0.451. The van der Waals surface area contributed by atoms with Gasteiger partial charge in [-0.15, -0.1) is 0 Å². The largest absolute Gasteiger partial charge is 0.319 e. The molecular weight excluding hydrogens is 317 g/mol. The molecule has 0 radical (unpaired) electrons. The van der Waals surface area contributed by atoms with Crippen molar-refractivity contribution in [3.8, 4) is 0 Å². The Hall–Kier alpha value is -2.66. The fraction of sp³-hybridized carbons (Fsp3) is 0.0588. The molecule has 116 valence electrons. The maximum atomic E-state index is 13.6. The normalized spacial score (nSPS) is 10.5. The van der Waals surface area contributed by atoms with Gasteiger partial charge in [0.1, 0.15) is 5.82 Å². The van der Waals surface area contributed by atoms with Crippen LogP contribution in [0.5, 0.6) is 0 Å². The molecule has 1 amide bonds. The molecule has 0 spiro atoms. The Morgan fingerprint density at radius 1 is 1.17 bits per heavy atom. The van der Waals surface area contributed by atoms with E-state index in [1.165, 1.54) is 18.3 Å². The molecule has 0 atom stereocenters. The smallest absolute Gasteiger partial charge is 0.258 e. The van der Waals surface area contributed by atoms with Gasteiger partial charge in [-0.1, -0.05) is 41.9 Å². The van der Waals surface area contributed by atoms with Crippen LogP contribution in [-0.2, 0) is 6.54 Å². The second kappa shape index (κ2) is 6.62. The van der Waals surface area contributed by atoms with E-state index in [0.717, 1.165) is 5.56 Å². The van der Waals surface area contributed by atoms with Crippen LogP contribution < -0.4 is 5.32 Å². The summed E-state index contributed by atoms with van der Waals surface area (Å²) in [6, 6.07) is 13.4. The number of halogens is 2. The highest BCUT2D eigenvalue weighted by Crippen LogP contribution is 2.17. The third kappa shape index (κ3) is 3.57. The fourth-order valence-electron chi connectivity index (χ4n) is 2.13. The molecule has 1 N–H and O–H groups in total. The number of amides is 1. The Morgan fingerprint density at radius 2 is 1.91 bits per heavy atom. The first-order valence-electron chi connectivity index (χ1n) is 6.95. The molecule has 3 aromatic rings. The number of carbonyl (C=O) groups excluding carboxylic acids is 1. The highest BCUT2D eigenvalue weighted by molar-refractivity contribution is 6.31. The van der Waals surface area contributed by atoms with Crippen molar-refractivity contribution in [3.63, 3.8) is 0 Å². The lowest BCUT2D eigenvalue weighted by Gasteiger charge is -2.05. The number of nitrogens with zero attached hydrogens (tertiary/aromatic N) is 2. The molecule has 0 aliphatic heterocycles. The van der Waals surface area contributed by atoms with E-state index in [1.54, 1.807) is 29.1 Å². The van der Waals surface area contributed by atoms with Gasteiger partial charge in [-0.2, -0.15) is 5.10 Å². The number of nitrogens with one attached hydrogen (secondary N) is 1. The van der Waals surface area contributed by atoms with Crippen LogP contribution in [-0.4, -0.2) is 15.7 Å². The first kappa shape index (κ1) is 15.2. The summed E-state index contributed by atoms with van der Waals surface area (Å²) < 4.78 is 15.2. The monoisotopic (exact) mass is 329 g/mol. The fourth-order valence-corrected chi connectivity index (χ4v) is 2.32. The SMILES string of the molecule is O=C(Nc1ccccc1F)c1cnn(Cc2ccccc2Cl)c1. The maximum Gasteiger partial charge on any atom is 0.258 e. The van der Waals surface area contributed by atoms with Crippen molar-refractivity contribution in [1.82, 2.24) is 9.78 Å². The van der Waals surface area contributed by atoms with Gasteiger partial charge < -0.3 is 5.32 Å². The molecule has 1 aromatic heterocycles. The second-order valence-corrected chi connectivity index (χ2v) is 5.36. The highest BCUT2D eigenvalue weighted by atomic mass is 35.5. The summed E-state index contributed by atoms with van der Waals surface area (Å²) in [6.07, 6.45) is 3.03. The average molecular weight is 330 g/mol. The molecule has 0 aliphatic carbocycles. The van der Waals surface area contributed by atoms with Gasteiger partial charge in [-0.25, -0.2) is 4.39 Å². The standard InChI is InChI=1S/C17H13ClFN3O/c18-14-6-2-1-5-12(14)10-22-11-13(9-20-22)17(23)21-16-8-4-3-7-15(16)19/h1-9,11H,10H2,(H,21,23). The minimum Gasteiger partial charge on any atom is -0.319 e. The van der Waals surface area contributed by atoms with Crippen LogP contribution in [0.15, 0.2) is 60.9 Å². The van der Waals surface area contributed by atoms with Crippen molar-refractivity contribution in [2.24, 2.45) is 0 Å². The Morgan fingerprint density at radius 3 is 2.70 bits per heavy atom. The van der Waals surface area contributed by atoms with Gasteiger partial charge in [0.25, 0.3) is 5.91 Å². The number of rotatable bonds is 4. The Bertz CT molecular complexity index is 847. The second-order valence-electron chi connectivity index (χ2n) is 4.95. The zero-order valence-corrected chi connectivity index (χ0v) is 12.8. The molecule has 4 nitrogen and oxygen atoms in total. The lowest BCUT2D eigenvalue weighted by atomic mass is 10.2. The van der Waals surface area contributed by atoms with E-state index in [9.17, 15) is 9.18 Å². The average Bonchev–Trinajstić information content (AvgIpc) is 3.01. The summed E-state index contributed by atoms with van der Waals surface area (Å²) in [5.74, 6) is -0.898. The number of carbonyl (C=O) groups is 1. The van der Waals surface area contributed by atoms with Crippen molar-refractivity contribution >= 4 is 23.2 Å². The Kier molecular flexibility index (Phi) is 4.39. The molecule has 0 saturated carbocycles. The lowest BCUT2D eigenvalue weighted by Crippen LogP contribution is -2.12. The van der Waals surface area contributed by atoms with Crippen LogP contribution in [0.2, 0.25) is 5.02 Å². The van der Waals surface area contributed by atoms with Crippen LogP contribution in [0, 0.1) is 5.82 Å². The molecule has 1 heterocycles. The molecule has 23 heavy (non-hydrogen) atoms. The quantitative estimate of drug-likeness (QED) is 0.787. The van der Waals surface area contributed by atoms with Crippen LogP contribution in [0.3, 0.4) is 0 Å². The Labute approximate surface area is 137 Å². The van der Waals surface area contributed by atoms with E-state index in [-0.39, 0.29) is 5.69 Å². The summed E-state index contributed by atoms with van der Waals surface area (Å²) in [7, 11) is 0. The van der Waals surface area contributed by atoms with Crippen LogP contribution in [0.25, 0.3) is 0 Å². The summed E-state index contributed by atoms with van der Waals surface area (Å²) in [5, 5.41) is 7.30. The molecule has 0 bridgehead atoms. The minimum atomic E-state index is -0.482. The van der Waals surface area contributed by atoms with Crippen molar-refractivity contribution in [2.45, 2.75) is 6.54 Å². The van der Waals surface area contributed by atoms with Gasteiger partial charge in [0.15, 0.2) is 0 Å². The molecule has 0 fully saturated rings. The maximum absolute atomic E-state index is 13.6. The third-order valence-corrected chi connectivity index (χ3v) is 3.68. The first-order chi connectivity index (χ1) is 11.1. The lowest BCUT2D eigenvalue weighted by molar-refractivity contribution is 0.102. The van der Waals surface area contributed by atoms with E-state index in [1.807, 2.05) is 18.2 Å². The predicted molar refractivity (Wildman–Crippen MR) is 87.1 cm³/mol. The van der Waals surface area contributed by atoms with Crippen molar-refractivity contribution < 1.29 is 9.18 Å². The number of para-hydroxylation sites is 1. The van der Waals surface area contributed by atoms with Gasteiger partial charge in [-0.05, 0) is 23.8 Å². The number of hydrogen-bond donors (Lipinski definition) is 1. The van der Waals surface area contributed by atoms with E-state index < -0.39 is 11.7 Å². The molecule has 2 aromatic carbocycles. The van der Waals surface area contributed by atoms with E-state index >= 15 is 0 Å². The topological polar surface area (TPSA) is 46.9 Å². The van der Waals surface area contributed by atoms with E-state index in [0.29, 0.717) is 17.1 Å². The molecule has 0 unspecified atom stereocenters. The zero-order valence-electron chi connectivity index (χ0n) is 12.0. The van der Waals surface area contributed by atoms with E-state index in [4.69, 9.17) is 11.6 Å². The molecule has 6 heteroatoms. The number of anilines is 1. The Balaban J connectivity index is 1.73. The molecule has 0 saturated heterocycles. The highest BCUT2D eigenvalue weighted by Gasteiger charge is 2.11. The van der Waals surface area contributed by atoms with Gasteiger partial charge in [0, 0.05) is 11.2 Å². The number of aromatic nitrogens is 2. The van der Waals surface area contributed by atoms with Crippen LogP contribution in [0.1, 0.15) is 15.9 Å². The number of benzene rings is 2. The van der Waals surface area contributed by atoms with Crippen LogP contribution >= 0.6 is 11.6 Å². The van der Waals surface area contributed by atoms with Gasteiger partial charge in [0.05, 0.1) is 24.0 Å². The van der Waals surface area contributed by atoms with Gasteiger partial charge in [-0.3, -0.25) is 9.48 Å². The van der Waals surface area contributed by atoms with Crippen molar-refractivity contribution in [3.05, 3.63) is 82.9 Å². The zero-order chi connectivity index (χ0) is 16.2. The predicted octanol–water partition coefficient (Wildman–Crippen LogP) is 3.98. The third-order valence-electron chi connectivity index (χ3n) is 3.31. The van der Waals surface area contributed by atoms with E-state index in [2.05, 4.69) is 10.4 Å². The summed E-state index contributed by atoms with van der Waals surface area (Å²) in [5.41, 5.74) is 1.38.